The molecule has 4 nitrogen and oxygen atoms in total. The number of nitrogens with one attached hydrogen (secondary N) is 1. The maximum absolute atomic E-state index is 13.0. The lowest BCUT2D eigenvalue weighted by Crippen LogP contribution is -2.32. The topological polar surface area (TPSA) is 37.3 Å². The number of aromatic nitrogens is 1. The van der Waals surface area contributed by atoms with Gasteiger partial charge >= 0.3 is 0 Å². The largest absolute Gasteiger partial charge is 0.371 e. The number of benzene rings is 1. The Morgan fingerprint density at radius 3 is 2.78 bits per heavy atom. The van der Waals surface area contributed by atoms with E-state index in [0.29, 0.717) is 23.2 Å². The molecule has 0 aliphatic carbocycles. The summed E-state index contributed by atoms with van der Waals surface area (Å²) in [6, 6.07) is 8.20. The molecule has 0 radical (unpaired) electrons. The van der Waals surface area contributed by atoms with E-state index < -0.39 is 0 Å². The third-order valence-corrected chi connectivity index (χ3v) is 4.44. The molecule has 6 heteroatoms. The average molecular weight is 336 g/mol. The summed E-state index contributed by atoms with van der Waals surface area (Å²) in [6.45, 7) is 2.40. The van der Waals surface area contributed by atoms with E-state index in [1.807, 2.05) is 0 Å². The molecule has 1 fully saturated rings. The van der Waals surface area contributed by atoms with Crippen LogP contribution in [0, 0.1) is 11.7 Å². The van der Waals surface area contributed by atoms with Crippen molar-refractivity contribution in [3.8, 4) is 0 Å². The third-order valence-electron chi connectivity index (χ3n) is 4.23. The summed E-state index contributed by atoms with van der Waals surface area (Å²) in [5.41, 5.74) is 1.58. The molecule has 1 amide bonds. The maximum atomic E-state index is 13.0. The first-order chi connectivity index (χ1) is 11.0. The number of hydrogen-bond donors (Lipinski definition) is 1. The highest BCUT2D eigenvalue weighted by Gasteiger charge is 2.23. The second-order valence-electron chi connectivity index (χ2n) is 5.94. The molecular formula is C17H19ClFN3O. The van der Waals surface area contributed by atoms with Crippen molar-refractivity contribution in [2.24, 2.45) is 13.0 Å². The number of carbonyl (C=O) groups is 1. The highest BCUT2D eigenvalue weighted by Crippen LogP contribution is 2.23. The standard InChI is InChI=1S/C17H19ClFN3O/c1-21-11-13(18)8-16(21)17(23)20-9-12-6-7-22(10-12)15-4-2-14(19)3-5-15/h2-5,8,11-12H,6-7,9-10H2,1H3,(H,20,23). The van der Waals surface area contributed by atoms with Crippen molar-refractivity contribution in [3.63, 3.8) is 0 Å². The molecule has 1 N–H and O–H groups in total. The van der Waals surface area contributed by atoms with Gasteiger partial charge in [-0.3, -0.25) is 4.79 Å². The van der Waals surface area contributed by atoms with Gasteiger partial charge in [0.2, 0.25) is 0 Å². The highest BCUT2D eigenvalue weighted by molar-refractivity contribution is 6.31. The van der Waals surface area contributed by atoms with Crippen LogP contribution < -0.4 is 10.2 Å². The van der Waals surface area contributed by atoms with E-state index in [0.717, 1.165) is 25.2 Å². The van der Waals surface area contributed by atoms with Crippen molar-refractivity contribution in [3.05, 3.63) is 53.1 Å². The van der Waals surface area contributed by atoms with E-state index in [4.69, 9.17) is 11.6 Å². The first-order valence-corrected chi connectivity index (χ1v) is 8.01. The zero-order valence-electron chi connectivity index (χ0n) is 12.9. The molecule has 23 heavy (non-hydrogen) atoms. The lowest BCUT2D eigenvalue weighted by atomic mass is 10.1. The summed E-state index contributed by atoms with van der Waals surface area (Å²) in [6.07, 6.45) is 2.72. The van der Waals surface area contributed by atoms with Crippen molar-refractivity contribution in [2.45, 2.75) is 6.42 Å². The number of anilines is 1. The summed E-state index contributed by atoms with van der Waals surface area (Å²) in [4.78, 5) is 14.4. The van der Waals surface area contributed by atoms with Gasteiger partial charge in [0.1, 0.15) is 11.5 Å². The van der Waals surface area contributed by atoms with E-state index in [-0.39, 0.29) is 11.7 Å². The predicted octanol–water partition coefficient (Wildman–Crippen LogP) is 3.07. The molecule has 3 rings (SSSR count). The van der Waals surface area contributed by atoms with Crippen LogP contribution in [0.4, 0.5) is 10.1 Å². The van der Waals surface area contributed by atoms with Gasteiger partial charge in [0.05, 0.1) is 5.02 Å². The molecular weight excluding hydrogens is 317 g/mol. The van der Waals surface area contributed by atoms with Crippen LogP contribution >= 0.6 is 11.6 Å². The van der Waals surface area contributed by atoms with Crippen molar-refractivity contribution in [1.82, 2.24) is 9.88 Å². The fourth-order valence-corrected chi connectivity index (χ4v) is 3.21. The average Bonchev–Trinajstić information content (AvgIpc) is 3.12. The van der Waals surface area contributed by atoms with Gasteiger partial charge in [0.15, 0.2) is 0 Å². The molecule has 122 valence electrons. The van der Waals surface area contributed by atoms with Crippen LogP contribution in [0.5, 0.6) is 0 Å². The van der Waals surface area contributed by atoms with Gasteiger partial charge in [0.25, 0.3) is 5.91 Å². The monoisotopic (exact) mass is 335 g/mol. The summed E-state index contributed by atoms with van der Waals surface area (Å²) in [5, 5.41) is 3.53. The molecule has 1 atom stereocenters. The number of rotatable bonds is 4. The zero-order chi connectivity index (χ0) is 16.4. The number of carbonyl (C=O) groups excluding carboxylic acids is 1. The fraction of sp³-hybridized carbons (Fsp3) is 0.353. The van der Waals surface area contributed by atoms with Crippen molar-refractivity contribution < 1.29 is 9.18 Å². The highest BCUT2D eigenvalue weighted by atomic mass is 35.5. The predicted molar refractivity (Wildman–Crippen MR) is 89.5 cm³/mol. The SMILES string of the molecule is Cn1cc(Cl)cc1C(=O)NCC1CCN(c2ccc(F)cc2)C1. The van der Waals surface area contributed by atoms with E-state index in [2.05, 4.69) is 10.2 Å². The van der Waals surface area contributed by atoms with Crippen LogP contribution in [-0.2, 0) is 7.05 Å². The first-order valence-electron chi connectivity index (χ1n) is 7.63. The van der Waals surface area contributed by atoms with E-state index in [9.17, 15) is 9.18 Å². The van der Waals surface area contributed by atoms with Crippen molar-refractivity contribution in [2.75, 3.05) is 24.5 Å². The maximum Gasteiger partial charge on any atom is 0.267 e. The number of nitrogens with zero attached hydrogens (tertiary/aromatic N) is 2. The molecule has 2 aromatic rings. The van der Waals surface area contributed by atoms with Gasteiger partial charge in [-0.2, -0.15) is 0 Å². The molecule has 0 saturated carbocycles. The van der Waals surface area contributed by atoms with Crippen LogP contribution in [0.1, 0.15) is 16.9 Å². The molecule has 1 saturated heterocycles. The van der Waals surface area contributed by atoms with Gasteiger partial charge in [-0.15, -0.1) is 0 Å². The van der Waals surface area contributed by atoms with Crippen LogP contribution in [-0.4, -0.2) is 30.1 Å². The molecule has 1 aromatic carbocycles. The molecule has 2 heterocycles. The third kappa shape index (κ3) is 3.67. The van der Waals surface area contributed by atoms with Crippen molar-refractivity contribution >= 4 is 23.2 Å². The molecule has 1 aliphatic rings. The summed E-state index contributed by atoms with van der Waals surface area (Å²) >= 11 is 5.90. The fourth-order valence-electron chi connectivity index (χ4n) is 2.96. The van der Waals surface area contributed by atoms with Crippen LogP contribution in [0.15, 0.2) is 36.5 Å². The number of amides is 1. The Morgan fingerprint density at radius 1 is 1.39 bits per heavy atom. The zero-order valence-corrected chi connectivity index (χ0v) is 13.7. The Bertz CT molecular complexity index is 698. The lowest BCUT2D eigenvalue weighted by Gasteiger charge is -2.18. The van der Waals surface area contributed by atoms with E-state index in [1.54, 1.807) is 36.0 Å². The minimum atomic E-state index is -0.224. The minimum absolute atomic E-state index is 0.111. The second kappa shape index (κ2) is 6.62. The lowest BCUT2D eigenvalue weighted by molar-refractivity contribution is 0.0940. The van der Waals surface area contributed by atoms with Gasteiger partial charge in [-0.05, 0) is 42.7 Å². The minimum Gasteiger partial charge on any atom is -0.371 e. The summed E-state index contributed by atoms with van der Waals surface area (Å²) in [7, 11) is 1.80. The molecule has 0 spiro atoms. The van der Waals surface area contributed by atoms with Gasteiger partial charge in [-0.25, -0.2) is 4.39 Å². The first kappa shape index (κ1) is 15.9. The molecule has 0 bridgehead atoms. The summed E-state index contributed by atoms with van der Waals surface area (Å²) in [5.74, 6) is 0.0531. The normalized spacial score (nSPS) is 17.5. The van der Waals surface area contributed by atoms with Crippen LogP contribution in [0.3, 0.4) is 0 Å². The van der Waals surface area contributed by atoms with Crippen LogP contribution in [0.25, 0.3) is 0 Å². The number of halogens is 2. The summed E-state index contributed by atoms with van der Waals surface area (Å²) < 4.78 is 14.7. The number of aryl methyl sites for hydroxylation is 1. The smallest absolute Gasteiger partial charge is 0.267 e. The molecule has 1 unspecified atom stereocenters. The van der Waals surface area contributed by atoms with Crippen molar-refractivity contribution in [1.29, 1.82) is 0 Å². The Labute approximate surface area is 139 Å². The van der Waals surface area contributed by atoms with E-state index >= 15 is 0 Å². The van der Waals surface area contributed by atoms with Crippen LogP contribution in [0.2, 0.25) is 5.02 Å². The Kier molecular flexibility index (Phi) is 4.57. The Hall–Kier alpha value is -2.01. The van der Waals surface area contributed by atoms with Gasteiger partial charge in [0, 0.05) is 38.6 Å². The molecule has 1 aliphatic heterocycles. The Balaban J connectivity index is 1.53. The second-order valence-corrected chi connectivity index (χ2v) is 6.38. The molecule has 1 aromatic heterocycles. The number of hydrogen-bond acceptors (Lipinski definition) is 2. The van der Waals surface area contributed by atoms with Gasteiger partial charge < -0.3 is 14.8 Å². The van der Waals surface area contributed by atoms with Gasteiger partial charge in [-0.1, -0.05) is 11.6 Å². The Morgan fingerprint density at radius 2 is 2.13 bits per heavy atom. The van der Waals surface area contributed by atoms with E-state index in [1.165, 1.54) is 12.1 Å². The quantitative estimate of drug-likeness (QED) is 0.932.